The van der Waals surface area contributed by atoms with Crippen molar-refractivity contribution in [3.05, 3.63) is 47.2 Å². The Morgan fingerprint density at radius 2 is 2.16 bits per heavy atom. The van der Waals surface area contributed by atoms with E-state index in [1.165, 1.54) is 17.0 Å². The molecule has 0 bridgehead atoms. The van der Waals surface area contributed by atoms with Crippen molar-refractivity contribution in [1.29, 1.82) is 0 Å². The van der Waals surface area contributed by atoms with Gasteiger partial charge in [0.15, 0.2) is 11.6 Å². The Hall–Kier alpha value is -2.35. The third-order valence-corrected chi connectivity index (χ3v) is 4.06. The van der Waals surface area contributed by atoms with Crippen LogP contribution >= 0.6 is 0 Å². The van der Waals surface area contributed by atoms with Crippen LogP contribution in [-0.2, 0) is 16.0 Å². The lowest BCUT2D eigenvalue weighted by atomic mass is 10.1. The van der Waals surface area contributed by atoms with Gasteiger partial charge < -0.3 is 14.1 Å². The monoisotopic (exact) mass is 351 g/mol. The molecule has 1 saturated heterocycles. The summed E-state index contributed by atoms with van der Waals surface area (Å²) in [7, 11) is 0. The van der Waals surface area contributed by atoms with Crippen molar-refractivity contribution < 1.29 is 22.7 Å². The summed E-state index contributed by atoms with van der Waals surface area (Å²) in [5.74, 6) is -1.48. The highest BCUT2D eigenvalue weighted by Crippen LogP contribution is 2.26. The Bertz CT molecular complexity index is 763. The van der Waals surface area contributed by atoms with Gasteiger partial charge in [-0.2, -0.15) is 0 Å². The van der Waals surface area contributed by atoms with E-state index in [9.17, 15) is 13.6 Å². The number of ether oxygens (including phenoxy) is 1. The number of morpholine rings is 1. The predicted octanol–water partition coefficient (Wildman–Crippen LogP) is 2.61. The standard InChI is InChI=1S/C17H19F2N3O3/c1-10(2)16-20-21-17(25-16)13-9-24-7-6-22(13)14(23)8-11-4-3-5-12(18)15(11)19/h3-5,10,13H,6-9H2,1-2H3/t13-/m0/s1. The van der Waals surface area contributed by atoms with E-state index in [4.69, 9.17) is 9.15 Å². The summed E-state index contributed by atoms with van der Waals surface area (Å²) in [5, 5.41) is 7.98. The number of hydrogen-bond acceptors (Lipinski definition) is 5. The number of carbonyl (C=O) groups excluding carboxylic acids is 1. The van der Waals surface area contributed by atoms with E-state index in [2.05, 4.69) is 10.2 Å². The van der Waals surface area contributed by atoms with Gasteiger partial charge in [-0.3, -0.25) is 4.79 Å². The van der Waals surface area contributed by atoms with E-state index in [0.29, 0.717) is 19.0 Å². The number of nitrogens with zero attached hydrogens (tertiary/aromatic N) is 3. The Morgan fingerprint density at radius 1 is 1.36 bits per heavy atom. The second-order valence-electron chi connectivity index (χ2n) is 6.20. The van der Waals surface area contributed by atoms with E-state index < -0.39 is 17.7 Å². The fourth-order valence-electron chi connectivity index (χ4n) is 2.67. The SMILES string of the molecule is CC(C)c1nnc([C@@H]2COCCN2C(=O)Cc2cccc(F)c2F)o1. The van der Waals surface area contributed by atoms with Gasteiger partial charge in [0.25, 0.3) is 0 Å². The molecule has 0 aliphatic carbocycles. The highest BCUT2D eigenvalue weighted by atomic mass is 19.2. The van der Waals surface area contributed by atoms with E-state index in [1.54, 1.807) is 0 Å². The Morgan fingerprint density at radius 3 is 2.88 bits per heavy atom. The van der Waals surface area contributed by atoms with Crippen molar-refractivity contribution in [3.8, 4) is 0 Å². The van der Waals surface area contributed by atoms with E-state index in [1.807, 2.05) is 13.8 Å². The molecular formula is C17H19F2N3O3. The van der Waals surface area contributed by atoms with Gasteiger partial charge in [-0.15, -0.1) is 10.2 Å². The van der Waals surface area contributed by atoms with Gasteiger partial charge in [0.05, 0.1) is 19.6 Å². The van der Waals surface area contributed by atoms with Crippen LogP contribution < -0.4 is 0 Å². The largest absolute Gasteiger partial charge is 0.423 e. The molecule has 0 unspecified atom stereocenters. The quantitative estimate of drug-likeness (QED) is 0.847. The van der Waals surface area contributed by atoms with Gasteiger partial charge in [0.1, 0.15) is 6.04 Å². The van der Waals surface area contributed by atoms with Crippen molar-refractivity contribution in [2.45, 2.75) is 32.2 Å². The Kier molecular flexibility index (Phi) is 5.08. The van der Waals surface area contributed by atoms with Crippen molar-refractivity contribution in [3.63, 3.8) is 0 Å². The maximum atomic E-state index is 13.8. The number of rotatable bonds is 4. The number of carbonyl (C=O) groups is 1. The van der Waals surface area contributed by atoms with Crippen LogP contribution in [0.3, 0.4) is 0 Å². The van der Waals surface area contributed by atoms with Crippen molar-refractivity contribution >= 4 is 5.91 Å². The Balaban J connectivity index is 1.80. The number of amides is 1. The normalized spacial score (nSPS) is 18.0. The molecule has 1 atom stereocenters. The minimum absolute atomic E-state index is 0.0173. The van der Waals surface area contributed by atoms with Crippen LogP contribution in [0.25, 0.3) is 0 Å². The molecule has 1 aliphatic rings. The van der Waals surface area contributed by atoms with Crippen LogP contribution in [0.4, 0.5) is 8.78 Å². The third kappa shape index (κ3) is 3.68. The lowest BCUT2D eigenvalue weighted by molar-refractivity contribution is -0.140. The number of aromatic nitrogens is 2. The molecule has 0 N–H and O–H groups in total. The maximum absolute atomic E-state index is 13.8. The maximum Gasteiger partial charge on any atom is 0.241 e. The highest BCUT2D eigenvalue weighted by Gasteiger charge is 2.33. The van der Waals surface area contributed by atoms with E-state index >= 15 is 0 Å². The smallest absolute Gasteiger partial charge is 0.241 e. The topological polar surface area (TPSA) is 68.5 Å². The molecule has 2 aromatic rings. The fourth-order valence-corrected chi connectivity index (χ4v) is 2.67. The molecule has 25 heavy (non-hydrogen) atoms. The van der Waals surface area contributed by atoms with Gasteiger partial charge in [0, 0.05) is 18.0 Å². The zero-order valence-corrected chi connectivity index (χ0v) is 14.0. The molecule has 8 heteroatoms. The molecule has 1 amide bonds. The molecule has 6 nitrogen and oxygen atoms in total. The van der Waals surface area contributed by atoms with Gasteiger partial charge in [-0.05, 0) is 6.07 Å². The first-order valence-electron chi connectivity index (χ1n) is 8.10. The molecule has 3 rings (SSSR count). The van der Waals surface area contributed by atoms with Crippen LogP contribution in [0.1, 0.15) is 43.2 Å². The van der Waals surface area contributed by atoms with Crippen LogP contribution in [0.15, 0.2) is 22.6 Å². The summed E-state index contributed by atoms with van der Waals surface area (Å²) in [6.07, 6.45) is -0.245. The molecule has 134 valence electrons. The van der Waals surface area contributed by atoms with Crippen LogP contribution in [-0.4, -0.2) is 40.8 Å². The Labute approximate surface area is 143 Å². The van der Waals surface area contributed by atoms with Crippen LogP contribution in [0.2, 0.25) is 0 Å². The molecule has 0 saturated carbocycles. The minimum atomic E-state index is -0.999. The van der Waals surface area contributed by atoms with E-state index in [0.717, 1.165) is 6.07 Å². The van der Waals surface area contributed by atoms with Gasteiger partial charge in [0.2, 0.25) is 17.7 Å². The number of hydrogen-bond donors (Lipinski definition) is 0. The van der Waals surface area contributed by atoms with Crippen molar-refractivity contribution in [2.24, 2.45) is 0 Å². The lowest BCUT2D eigenvalue weighted by Crippen LogP contribution is -2.44. The first kappa shape index (κ1) is 17.5. The zero-order chi connectivity index (χ0) is 18.0. The molecule has 2 heterocycles. The predicted molar refractivity (Wildman–Crippen MR) is 83.7 cm³/mol. The lowest BCUT2D eigenvalue weighted by Gasteiger charge is -2.33. The molecule has 0 radical (unpaired) electrons. The third-order valence-electron chi connectivity index (χ3n) is 4.06. The van der Waals surface area contributed by atoms with Crippen LogP contribution in [0.5, 0.6) is 0 Å². The van der Waals surface area contributed by atoms with Crippen molar-refractivity contribution in [2.75, 3.05) is 19.8 Å². The summed E-state index contributed by atoms with van der Waals surface area (Å²) in [5.41, 5.74) is 0.0173. The van der Waals surface area contributed by atoms with Gasteiger partial charge >= 0.3 is 0 Å². The number of benzene rings is 1. The number of halogens is 2. The summed E-state index contributed by atoms with van der Waals surface area (Å²) in [6.45, 7) is 4.74. The minimum Gasteiger partial charge on any atom is -0.423 e. The van der Waals surface area contributed by atoms with Gasteiger partial charge in [-0.1, -0.05) is 26.0 Å². The first-order chi connectivity index (χ1) is 12.0. The summed E-state index contributed by atoms with van der Waals surface area (Å²) in [4.78, 5) is 14.2. The fraction of sp³-hybridized carbons (Fsp3) is 0.471. The zero-order valence-electron chi connectivity index (χ0n) is 14.0. The first-order valence-corrected chi connectivity index (χ1v) is 8.10. The summed E-state index contributed by atoms with van der Waals surface area (Å²) in [6, 6.07) is 3.27. The van der Waals surface area contributed by atoms with Gasteiger partial charge in [-0.25, -0.2) is 8.78 Å². The average Bonchev–Trinajstić information content (AvgIpc) is 3.09. The highest BCUT2D eigenvalue weighted by molar-refractivity contribution is 5.79. The summed E-state index contributed by atoms with van der Waals surface area (Å²) >= 11 is 0. The summed E-state index contributed by atoms with van der Waals surface area (Å²) < 4.78 is 38.2. The average molecular weight is 351 g/mol. The van der Waals surface area contributed by atoms with Crippen molar-refractivity contribution in [1.82, 2.24) is 15.1 Å². The second-order valence-corrected chi connectivity index (χ2v) is 6.20. The molecule has 1 fully saturated rings. The second kappa shape index (κ2) is 7.26. The molecular weight excluding hydrogens is 332 g/mol. The van der Waals surface area contributed by atoms with E-state index in [-0.39, 0.29) is 36.3 Å². The molecule has 1 aliphatic heterocycles. The molecule has 1 aromatic heterocycles. The van der Waals surface area contributed by atoms with Crippen LogP contribution in [0, 0.1) is 11.6 Å². The molecule has 0 spiro atoms. The molecule has 1 aromatic carbocycles.